The lowest BCUT2D eigenvalue weighted by atomic mass is 10.5. The molecule has 0 rings (SSSR count). The van der Waals surface area contributed by atoms with Gasteiger partial charge in [-0.2, -0.15) is 0 Å². The van der Waals surface area contributed by atoms with Gasteiger partial charge in [0.2, 0.25) is 0 Å². The molecule has 0 aromatic carbocycles. The second-order valence-corrected chi connectivity index (χ2v) is 2.45. The number of aliphatic imine (C=N–C) groups is 1. The Morgan fingerprint density at radius 1 is 1.67 bits per heavy atom. The first-order valence-corrected chi connectivity index (χ1v) is 4.32. The maximum atomic E-state index is 4.01. The molecule has 0 aromatic heterocycles. The lowest BCUT2D eigenvalue weighted by Crippen LogP contribution is -2.20. The molecule has 0 aliphatic rings. The van der Waals surface area contributed by atoms with Gasteiger partial charge in [-0.1, -0.05) is 18.7 Å². The fourth-order valence-electron chi connectivity index (χ4n) is 0.474. The van der Waals surface area contributed by atoms with E-state index < -0.39 is 0 Å². The van der Waals surface area contributed by atoms with Crippen molar-refractivity contribution in [1.82, 2.24) is 5.32 Å². The number of amidine groups is 1. The van der Waals surface area contributed by atoms with Crippen LogP contribution < -0.4 is 5.32 Å². The van der Waals surface area contributed by atoms with E-state index in [2.05, 4.69) is 17.2 Å². The molecule has 3 heteroatoms. The van der Waals surface area contributed by atoms with Crippen LogP contribution in [0.4, 0.5) is 0 Å². The van der Waals surface area contributed by atoms with Gasteiger partial charge in [-0.05, 0) is 12.7 Å². The highest BCUT2D eigenvalue weighted by Crippen LogP contribution is 1.92. The number of rotatable bonds is 2. The second kappa shape index (κ2) is 5.95. The molecule has 9 heavy (non-hydrogen) atoms. The molecule has 0 aliphatic heterocycles. The molecule has 0 unspecified atom stereocenters. The third-order valence-corrected chi connectivity index (χ3v) is 1.64. The molecule has 0 amide bonds. The molecule has 0 aliphatic carbocycles. The number of hydrogen-bond acceptors (Lipinski definition) is 2. The van der Waals surface area contributed by atoms with Gasteiger partial charge >= 0.3 is 0 Å². The van der Waals surface area contributed by atoms with Crippen molar-refractivity contribution in [2.75, 3.05) is 19.8 Å². The smallest absolute Gasteiger partial charge is 0.155 e. The quantitative estimate of drug-likeness (QED) is 0.469. The molecule has 0 radical (unpaired) electrons. The predicted octanol–water partition coefficient (Wildman–Crippen LogP) is 1.33. The fourth-order valence-corrected chi connectivity index (χ4v) is 0.903. The second-order valence-electron chi connectivity index (χ2n) is 1.66. The molecule has 2 nitrogen and oxygen atoms in total. The summed E-state index contributed by atoms with van der Waals surface area (Å²) in [7, 11) is 1.80. The predicted molar refractivity (Wildman–Crippen MR) is 45.2 cm³/mol. The molecule has 0 heterocycles. The van der Waals surface area contributed by atoms with Crippen LogP contribution in [0.25, 0.3) is 0 Å². The van der Waals surface area contributed by atoms with Gasteiger partial charge in [0.15, 0.2) is 5.17 Å². The molecule has 0 aromatic rings. The zero-order valence-electron chi connectivity index (χ0n) is 6.27. The molecule has 0 fully saturated rings. The Morgan fingerprint density at radius 2 is 2.33 bits per heavy atom. The lowest BCUT2D eigenvalue weighted by Gasteiger charge is -2.02. The van der Waals surface area contributed by atoms with E-state index in [9.17, 15) is 0 Å². The van der Waals surface area contributed by atoms with Gasteiger partial charge in [0.05, 0.1) is 0 Å². The first-order valence-electron chi connectivity index (χ1n) is 3.09. The molecule has 0 saturated heterocycles. The average molecular weight is 146 g/mol. The third kappa shape index (κ3) is 4.33. The number of nitrogens with zero attached hydrogens (tertiary/aromatic N) is 1. The summed E-state index contributed by atoms with van der Waals surface area (Å²) in [5.41, 5.74) is 0. The molecule has 54 valence electrons. The van der Waals surface area contributed by atoms with E-state index in [0.29, 0.717) is 0 Å². The summed E-state index contributed by atoms with van der Waals surface area (Å²) < 4.78 is 0. The normalized spacial score (nSPS) is 11.7. The molecule has 1 N–H and O–H groups in total. The van der Waals surface area contributed by atoms with Crippen LogP contribution in [0.3, 0.4) is 0 Å². The molecule has 0 spiro atoms. The highest BCUT2D eigenvalue weighted by molar-refractivity contribution is 8.13. The van der Waals surface area contributed by atoms with E-state index in [0.717, 1.165) is 18.1 Å². The number of nitrogens with one attached hydrogen (secondary N) is 1. The zero-order valence-corrected chi connectivity index (χ0v) is 7.09. The topological polar surface area (TPSA) is 24.4 Å². The molecular weight excluding hydrogens is 132 g/mol. The van der Waals surface area contributed by atoms with Crippen LogP contribution in [-0.2, 0) is 0 Å². The van der Waals surface area contributed by atoms with Crippen LogP contribution in [-0.4, -0.2) is 25.0 Å². The summed E-state index contributed by atoms with van der Waals surface area (Å²) in [4.78, 5) is 4.01. The molecule has 0 bridgehead atoms. The average Bonchev–Trinajstić information content (AvgIpc) is 1.91. The van der Waals surface area contributed by atoms with E-state index in [4.69, 9.17) is 0 Å². The maximum Gasteiger partial charge on any atom is 0.155 e. The minimum atomic E-state index is 1.02. The van der Waals surface area contributed by atoms with E-state index >= 15 is 0 Å². The van der Waals surface area contributed by atoms with Crippen molar-refractivity contribution >= 4 is 16.9 Å². The molecule has 0 atom stereocenters. The van der Waals surface area contributed by atoms with E-state index in [-0.39, 0.29) is 0 Å². The standard InChI is InChI=1S/C6H14N2S/c1-4-5-8-6(7-2)9-3/h4-5H2,1-3H3,(H,7,8). The van der Waals surface area contributed by atoms with Gasteiger partial charge in [-0.25, -0.2) is 0 Å². The van der Waals surface area contributed by atoms with Crippen molar-refractivity contribution in [2.45, 2.75) is 13.3 Å². The minimum Gasteiger partial charge on any atom is -0.365 e. The van der Waals surface area contributed by atoms with E-state index in [1.165, 1.54) is 0 Å². The number of thioether (sulfide) groups is 1. The third-order valence-electron chi connectivity index (χ3n) is 0.923. The van der Waals surface area contributed by atoms with Crippen LogP contribution in [0.5, 0.6) is 0 Å². The summed E-state index contributed by atoms with van der Waals surface area (Å²) in [5.74, 6) is 0. The van der Waals surface area contributed by atoms with Crippen molar-refractivity contribution in [2.24, 2.45) is 4.99 Å². The zero-order chi connectivity index (χ0) is 7.11. The fraction of sp³-hybridized carbons (Fsp3) is 0.833. The van der Waals surface area contributed by atoms with Crippen LogP contribution >= 0.6 is 11.8 Å². The first-order chi connectivity index (χ1) is 4.35. The Bertz CT molecular complexity index is 91.1. The number of hydrogen-bond donors (Lipinski definition) is 1. The minimum absolute atomic E-state index is 1.02. The highest BCUT2D eigenvalue weighted by atomic mass is 32.2. The maximum absolute atomic E-state index is 4.01. The van der Waals surface area contributed by atoms with Gasteiger partial charge < -0.3 is 5.32 Å². The van der Waals surface area contributed by atoms with Crippen LogP contribution in [0.2, 0.25) is 0 Å². The summed E-state index contributed by atoms with van der Waals surface area (Å²) in [6.45, 7) is 3.16. The van der Waals surface area contributed by atoms with Crippen molar-refractivity contribution in [1.29, 1.82) is 0 Å². The Balaban J connectivity index is 3.33. The summed E-state index contributed by atoms with van der Waals surface area (Å²) >= 11 is 1.65. The highest BCUT2D eigenvalue weighted by Gasteiger charge is 1.89. The SMILES string of the molecule is CCCNC(=NC)SC. The Labute approximate surface area is 61.1 Å². The molecule has 0 saturated carbocycles. The Morgan fingerprint density at radius 3 is 2.67 bits per heavy atom. The van der Waals surface area contributed by atoms with Crippen LogP contribution in [0, 0.1) is 0 Å². The van der Waals surface area contributed by atoms with Gasteiger partial charge in [0.25, 0.3) is 0 Å². The van der Waals surface area contributed by atoms with Gasteiger partial charge in [-0.3, -0.25) is 4.99 Å². The van der Waals surface area contributed by atoms with E-state index in [1.54, 1.807) is 18.8 Å². The summed E-state index contributed by atoms with van der Waals surface area (Å²) in [5, 5.41) is 4.21. The van der Waals surface area contributed by atoms with Crippen LogP contribution in [0.1, 0.15) is 13.3 Å². The van der Waals surface area contributed by atoms with Crippen molar-refractivity contribution < 1.29 is 0 Å². The van der Waals surface area contributed by atoms with Crippen molar-refractivity contribution in [3.63, 3.8) is 0 Å². The lowest BCUT2D eigenvalue weighted by molar-refractivity contribution is 0.847. The van der Waals surface area contributed by atoms with Gasteiger partial charge in [-0.15, -0.1) is 0 Å². The van der Waals surface area contributed by atoms with Crippen molar-refractivity contribution in [3.05, 3.63) is 0 Å². The largest absolute Gasteiger partial charge is 0.365 e. The van der Waals surface area contributed by atoms with Gasteiger partial charge in [0, 0.05) is 13.6 Å². The molecular formula is C6H14N2S. The Hall–Kier alpha value is -0.180. The van der Waals surface area contributed by atoms with Crippen LogP contribution in [0.15, 0.2) is 4.99 Å². The summed E-state index contributed by atoms with van der Waals surface area (Å²) in [6, 6.07) is 0. The summed E-state index contributed by atoms with van der Waals surface area (Å²) in [6.07, 6.45) is 3.17. The first kappa shape index (κ1) is 8.82. The van der Waals surface area contributed by atoms with Gasteiger partial charge in [0.1, 0.15) is 0 Å². The van der Waals surface area contributed by atoms with Crippen molar-refractivity contribution in [3.8, 4) is 0 Å². The van der Waals surface area contributed by atoms with E-state index in [1.807, 2.05) is 6.26 Å². The monoisotopic (exact) mass is 146 g/mol. The Kier molecular flexibility index (Phi) is 5.83.